The summed E-state index contributed by atoms with van der Waals surface area (Å²) < 4.78 is 0. The van der Waals surface area contributed by atoms with E-state index >= 15 is 0 Å². The Hall–Kier alpha value is -0.800. The first-order valence-electron chi connectivity index (χ1n) is 7.37. The molecule has 3 rings (SSSR count). The van der Waals surface area contributed by atoms with E-state index in [1.807, 2.05) is 0 Å². The van der Waals surface area contributed by atoms with Gasteiger partial charge in [0.2, 0.25) is 0 Å². The van der Waals surface area contributed by atoms with Crippen LogP contribution in [-0.4, -0.2) is 16.9 Å². The molecule has 0 spiro atoms. The standard InChI is InChI=1S/C16H20Cl2N2O/c1-15(2)9-4-5-16(15,3)12(6-9)20-14(21)10-7-13(18)19-8-11(10)17/h7-9,12H,4-6H2,1-3H3,(H,20,21). The number of carbonyl (C=O) groups excluding carboxylic acids is 1. The Bertz CT molecular complexity index is 602. The number of aromatic nitrogens is 1. The zero-order valence-electron chi connectivity index (χ0n) is 12.5. The Kier molecular flexibility index (Phi) is 3.49. The van der Waals surface area contributed by atoms with E-state index in [2.05, 4.69) is 31.1 Å². The lowest BCUT2D eigenvalue weighted by atomic mass is 9.69. The van der Waals surface area contributed by atoms with E-state index < -0.39 is 0 Å². The van der Waals surface area contributed by atoms with E-state index in [9.17, 15) is 4.79 Å². The largest absolute Gasteiger partial charge is 0.349 e. The molecule has 5 heteroatoms. The topological polar surface area (TPSA) is 42.0 Å². The predicted molar refractivity (Wildman–Crippen MR) is 84.7 cm³/mol. The third-order valence-electron chi connectivity index (χ3n) is 6.17. The molecule has 0 radical (unpaired) electrons. The maximum Gasteiger partial charge on any atom is 0.253 e. The number of pyridine rings is 1. The summed E-state index contributed by atoms with van der Waals surface area (Å²) in [5, 5.41) is 3.80. The van der Waals surface area contributed by atoms with Crippen LogP contribution >= 0.6 is 23.2 Å². The van der Waals surface area contributed by atoms with Crippen molar-refractivity contribution in [2.75, 3.05) is 0 Å². The minimum absolute atomic E-state index is 0.149. The van der Waals surface area contributed by atoms with Crippen LogP contribution in [0.15, 0.2) is 12.3 Å². The number of amides is 1. The van der Waals surface area contributed by atoms with Gasteiger partial charge in [0, 0.05) is 12.2 Å². The first kappa shape index (κ1) is 15.1. The molecule has 21 heavy (non-hydrogen) atoms. The van der Waals surface area contributed by atoms with Crippen molar-refractivity contribution in [2.24, 2.45) is 16.7 Å². The molecule has 1 amide bonds. The van der Waals surface area contributed by atoms with Crippen molar-refractivity contribution >= 4 is 29.1 Å². The molecule has 1 heterocycles. The maximum atomic E-state index is 12.5. The lowest BCUT2D eigenvalue weighted by Crippen LogP contribution is -2.46. The Morgan fingerprint density at radius 1 is 1.38 bits per heavy atom. The third kappa shape index (κ3) is 2.17. The van der Waals surface area contributed by atoms with Crippen LogP contribution in [0.5, 0.6) is 0 Å². The lowest BCUT2D eigenvalue weighted by molar-refractivity contribution is 0.0826. The number of carbonyl (C=O) groups is 1. The summed E-state index contributed by atoms with van der Waals surface area (Å²) in [6.07, 6.45) is 4.90. The summed E-state index contributed by atoms with van der Waals surface area (Å²) >= 11 is 11.9. The molecule has 3 atom stereocenters. The number of nitrogens with one attached hydrogen (secondary N) is 1. The average molecular weight is 327 g/mol. The number of hydrogen-bond acceptors (Lipinski definition) is 2. The molecule has 3 unspecified atom stereocenters. The van der Waals surface area contributed by atoms with Gasteiger partial charge >= 0.3 is 0 Å². The van der Waals surface area contributed by atoms with Gasteiger partial charge in [0.15, 0.2) is 0 Å². The summed E-state index contributed by atoms with van der Waals surface area (Å²) in [5.74, 6) is 0.531. The molecule has 2 aliphatic carbocycles. The van der Waals surface area contributed by atoms with Crippen LogP contribution in [0.4, 0.5) is 0 Å². The molecular formula is C16H20Cl2N2O. The normalized spacial score (nSPS) is 33.2. The Morgan fingerprint density at radius 2 is 2.10 bits per heavy atom. The quantitative estimate of drug-likeness (QED) is 0.822. The predicted octanol–water partition coefficient (Wildman–Crippen LogP) is 4.33. The van der Waals surface area contributed by atoms with Gasteiger partial charge in [-0.15, -0.1) is 0 Å². The second-order valence-electron chi connectivity index (χ2n) is 7.12. The van der Waals surface area contributed by atoms with Crippen LogP contribution in [0.3, 0.4) is 0 Å². The highest BCUT2D eigenvalue weighted by Gasteiger charge is 2.61. The maximum absolute atomic E-state index is 12.5. The monoisotopic (exact) mass is 326 g/mol. The first-order chi connectivity index (χ1) is 9.75. The molecule has 114 valence electrons. The minimum Gasteiger partial charge on any atom is -0.349 e. The molecule has 1 aromatic heterocycles. The van der Waals surface area contributed by atoms with Gasteiger partial charge in [0.25, 0.3) is 5.91 Å². The van der Waals surface area contributed by atoms with Crippen LogP contribution in [-0.2, 0) is 0 Å². The van der Waals surface area contributed by atoms with E-state index in [1.54, 1.807) is 0 Å². The lowest BCUT2D eigenvalue weighted by Gasteiger charge is -2.39. The van der Waals surface area contributed by atoms with Gasteiger partial charge in [-0.1, -0.05) is 44.0 Å². The molecule has 2 aliphatic rings. The molecule has 2 fully saturated rings. The van der Waals surface area contributed by atoms with Gasteiger partial charge in [-0.05, 0) is 42.1 Å². The summed E-state index contributed by atoms with van der Waals surface area (Å²) in [7, 11) is 0. The highest BCUT2D eigenvalue weighted by Crippen LogP contribution is 2.65. The van der Waals surface area contributed by atoms with Gasteiger partial charge in [-0.25, -0.2) is 4.98 Å². The Labute approximate surface area is 135 Å². The Morgan fingerprint density at radius 3 is 2.67 bits per heavy atom. The first-order valence-corrected chi connectivity index (χ1v) is 8.13. The highest BCUT2D eigenvalue weighted by molar-refractivity contribution is 6.35. The SMILES string of the molecule is CC1(C)C2CCC1(C)C(NC(=O)c1cc(Cl)ncc1Cl)C2. The second kappa shape index (κ2) is 4.85. The number of fused-ring (bicyclic) bond motifs is 2. The molecule has 0 saturated heterocycles. The highest BCUT2D eigenvalue weighted by atomic mass is 35.5. The van der Waals surface area contributed by atoms with Gasteiger partial charge in [-0.3, -0.25) is 4.79 Å². The third-order valence-corrected chi connectivity index (χ3v) is 6.67. The molecule has 1 aromatic rings. The van der Waals surface area contributed by atoms with Crippen LogP contribution in [0.25, 0.3) is 0 Å². The molecular weight excluding hydrogens is 307 g/mol. The zero-order valence-corrected chi connectivity index (χ0v) is 14.1. The second-order valence-corrected chi connectivity index (χ2v) is 7.92. The number of halogens is 2. The number of rotatable bonds is 2. The van der Waals surface area contributed by atoms with E-state index in [1.165, 1.54) is 25.1 Å². The van der Waals surface area contributed by atoms with Crippen LogP contribution in [0, 0.1) is 16.7 Å². The molecule has 2 saturated carbocycles. The number of hydrogen-bond donors (Lipinski definition) is 1. The van der Waals surface area contributed by atoms with E-state index in [0.717, 1.165) is 6.42 Å². The van der Waals surface area contributed by atoms with E-state index in [-0.39, 0.29) is 27.9 Å². The zero-order chi connectivity index (χ0) is 15.4. The fourth-order valence-electron chi connectivity index (χ4n) is 4.25. The molecule has 2 bridgehead atoms. The van der Waals surface area contributed by atoms with Gasteiger partial charge in [0.1, 0.15) is 5.15 Å². The van der Waals surface area contributed by atoms with Gasteiger partial charge < -0.3 is 5.32 Å². The summed E-state index contributed by atoms with van der Waals surface area (Å²) in [5.41, 5.74) is 0.821. The van der Waals surface area contributed by atoms with Gasteiger partial charge in [0.05, 0.1) is 10.6 Å². The van der Waals surface area contributed by atoms with Crippen molar-refractivity contribution in [3.63, 3.8) is 0 Å². The molecule has 0 aliphatic heterocycles. The Balaban J connectivity index is 1.82. The fraction of sp³-hybridized carbons (Fsp3) is 0.625. The van der Waals surface area contributed by atoms with Crippen molar-refractivity contribution in [2.45, 2.75) is 46.1 Å². The molecule has 0 aromatic carbocycles. The van der Waals surface area contributed by atoms with Crippen LogP contribution in [0.1, 0.15) is 50.4 Å². The van der Waals surface area contributed by atoms with Crippen molar-refractivity contribution in [3.05, 3.63) is 28.0 Å². The molecule has 3 nitrogen and oxygen atoms in total. The summed E-state index contributed by atoms with van der Waals surface area (Å²) in [6.45, 7) is 6.95. The summed E-state index contributed by atoms with van der Waals surface area (Å²) in [4.78, 5) is 16.4. The minimum atomic E-state index is -0.154. The molecule has 1 N–H and O–H groups in total. The van der Waals surface area contributed by atoms with E-state index in [0.29, 0.717) is 16.5 Å². The average Bonchev–Trinajstić information content (AvgIpc) is 2.74. The van der Waals surface area contributed by atoms with Crippen LogP contribution in [0.2, 0.25) is 10.2 Å². The van der Waals surface area contributed by atoms with Crippen molar-refractivity contribution in [3.8, 4) is 0 Å². The van der Waals surface area contributed by atoms with Crippen LogP contribution < -0.4 is 5.32 Å². The summed E-state index contributed by atoms with van der Waals surface area (Å²) in [6, 6.07) is 1.72. The van der Waals surface area contributed by atoms with Crippen molar-refractivity contribution in [1.82, 2.24) is 10.3 Å². The number of nitrogens with zero attached hydrogens (tertiary/aromatic N) is 1. The van der Waals surface area contributed by atoms with E-state index in [4.69, 9.17) is 23.2 Å². The van der Waals surface area contributed by atoms with Crippen molar-refractivity contribution in [1.29, 1.82) is 0 Å². The fourth-order valence-corrected chi connectivity index (χ4v) is 4.59. The van der Waals surface area contributed by atoms with Crippen molar-refractivity contribution < 1.29 is 4.79 Å². The van der Waals surface area contributed by atoms with Gasteiger partial charge in [-0.2, -0.15) is 0 Å². The smallest absolute Gasteiger partial charge is 0.253 e.